The van der Waals surface area contributed by atoms with E-state index < -0.39 is 5.97 Å². The average molecular weight is 294 g/mol. The Labute approximate surface area is 124 Å². The second-order valence-corrected chi connectivity index (χ2v) is 5.44. The molecule has 0 saturated carbocycles. The van der Waals surface area contributed by atoms with Crippen LogP contribution >= 0.6 is 0 Å². The summed E-state index contributed by atoms with van der Waals surface area (Å²) in [5.74, 6) is 0.502. The van der Waals surface area contributed by atoms with Crippen LogP contribution in [0.25, 0.3) is 0 Å². The Kier molecular flexibility index (Phi) is 6.72. The zero-order chi connectivity index (χ0) is 15.8. The molecule has 0 N–H and O–H groups in total. The van der Waals surface area contributed by atoms with Crippen LogP contribution in [0.15, 0.2) is 33.2 Å². The predicted molar refractivity (Wildman–Crippen MR) is 79.2 cm³/mol. The summed E-state index contributed by atoms with van der Waals surface area (Å²) in [6.07, 6.45) is 3.50. The molecule has 0 bridgehead atoms. The van der Waals surface area contributed by atoms with E-state index in [1.54, 1.807) is 13.8 Å². The van der Waals surface area contributed by atoms with E-state index in [1.165, 1.54) is 18.4 Å². The summed E-state index contributed by atoms with van der Waals surface area (Å²) in [5, 5.41) is 0. The van der Waals surface area contributed by atoms with Gasteiger partial charge in [0.15, 0.2) is 0 Å². The van der Waals surface area contributed by atoms with Gasteiger partial charge in [0.1, 0.15) is 18.6 Å². The average Bonchev–Trinajstić information content (AvgIpc) is 2.37. The number of hydrogen-bond donors (Lipinski definition) is 0. The van der Waals surface area contributed by atoms with Gasteiger partial charge in [-0.2, -0.15) is 0 Å². The second kappa shape index (κ2) is 8.29. The molecule has 1 rings (SSSR count). The molecule has 1 aromatic rings. The van der Waals surface area contributed by atoms with Gasteiger partial charge in [-0.25, -0.2) is 4.79 Å². The van der Waals surface area contributed by atoms with Crippen molar-refractivity contribution in [2.45, 2.75) is 40.7 Å². The lowest BCUT2D eigenvalue weighted by atomic mass is 10.1. The van der Waals surface area contributed by atoms with E-state index in [1.807, 2.05) is 0 Å². The fourth-order valence-corrected chi connectivity index (χ4v) is 1.44. The van der Waals surface area contributed by atoms with E-state index in [2.05, 4.69) is 13.8 Å². The molecule has 0 aromatic carbocycles. The van der Waals surface area contributed by atoms with Gasteiger partial charge in [-0.15, -0.1) is 0 Å². The minimum Gasteiger partial charge on any atom is -0.487 e. The van der Waals surface area contributed by atoms with E-state index >= 15 is 0 Å². The van der Waals surface area contributed by atoms with E-state index in [4.69, 9.17) is 13.9 Å². The first kappa shape index (κ1) is 17.0. The summed E-state index contributed by atoms with van der Waals surface area (Å²) in [7, 11) is 0. The molecular formula is C16H22O5. The van der Waals surface area contributed by atoms with Crippen molar-refractivity contribution in [2.24, 2.45) is 5.92 Å². The summed E-state index contributed by atoms with van der Waals surface area (Å²) < 4.78 is 15.5. The van der Waals surface area contributed by atoms with Crippen LogP contribution in [0.3, 0.4) is 0 Å². The molecule has 0 aliphatic heterocycles. The van der Waals surface area contributed by atoms with Crippen molar-refractivity contribution in [1.29, 1.82) is 0 Å². The molecule has 0 unspecified atom stereocenters. The number of allylic oxidation sites excluding steroid dienone is 1. The smallest absolute Gasteiger partial charge is 0.331 e. The Bertz CT molecular complexity index is 550. The maximum atomic E-state index is 11.8. The summed E-state index contributed by atoms with van der Waals surface area (Å²) in [6, 6.07) is 1.28. The van der Waals surface area contributed by atoms with Gasteiger partial charge in [0.2, 0.25) is 11.2 Å². The van der Waals surface area contributed by atoms with E-state index in [-0.39, 0.29) is 23.5 Å². The van der Waals surface area contributed by atoms with Crippen LogP contribution in [0.1, 0.15) is 39.9 Å². The molecule has 5 heteroatoms. The number of carbonyl (C=O) groups excluding carboxylic acids is 1. The molecular weight excluding hydrogens is 272 g/mol. The van der Waals surface area contributed by atoms with Gasteiger partial charge in [0.25, 0.3) is 0 Å². The van der Waals surface area contributed by atoms with Gasteiger partial charge in [-0.05, 0) is 26.2 Å². The maximum Gasteiger partial charge on any atom is 0.331 e. The van der Waals surface area contributed by atoms with E-state index in [9.17, 15) is 9.59 Å². The molecule has 0 aliphatic rings. The summed E-state index contributed by atoms with van der Waals surface area (Å²) in [5.41, 5.74) is 0.564. The molecule has 5 nitrogen and oxygen atoms in total. The Morgan fingerprint density at radius 2 is 2.10 bits per heavy atom. The third kappa shape index (κ3) is 6.79. The van der Waals surface area contributed by atoms with Crippen molar-refractivity contribution in [1.82, 2.24) is 0 Å². The molecule has 0 aliphatic carbocycles. The summed E-state index contributed by atoms with van der Waals surface area (Å²) in [4.78, 5) is 23.1. The molecule has 1 aromatic heterocycles. The lowest BCUT2D eigenvalue weighted by Crippen LogP contribution is -2.11. The third-order valence-electron chi connectivity index (χ3n) is 2.57. The second-order valence-electron chi connectivity index (χ2n) is 5.44. The molecule has 21 heavy (non-hydrogen) atoms. The Balaban J connectivity index is 2.56. The van der Waals surface area contributed by atoms with Gasteiger partial charge in [-0.1, -0.05) is 19.4 Å². The molecule has 0 fully saturated rings. The van der Waals surface area contributed by atoms with Crippen molar-refractivity contribution >= 4 is 5.97 Å². The van der Waals surface area contributed by atoms with Gasteiger partial charge in [-0.3, -0.25) is 4.79 Å². The van der Waals surface area contributed by atoms with Crippen molar-refractivity contribution in [3.8, 4) is 5.75 Å². The topological polar surface area (TPSA) is 65.7 Å². The van der Waals surface area contributed by atoms with Crippen molar-refractivity contribution in [2.75, 3.05) is 6.61 Å². The molecule has 1 heterocycles. The van der Waals surface area contributed by atoms with Crippen LogP contribution in [0.4, 0.5) is 0 Å². The Morgan fingerprint density at radius 3 is 2.67 bits per heavy atom. The summed E-state index contributed by atoms with van der Waals surface area (Å²) >= 11 is 0. The highest BCUT2D eigenvalue weighted by Crippen LogP contribution is 2.09. The third-order valence-corrected chi connectivity index (χ3v) is 2.57. The van der Waals surface area contributed by atoms with Crippen molar-refractivity contribution in [3.63, 3.8) is 0 Å². The van der Waals surface area contributed by atoms with Crippen LogP contribution in [0.2, 0.25) is 0 Å². The van der Waals surface area contributed by atoms with Crippen LogP contribution in [0, 0.1) is 5.92 Å². The normalized spacial score (nSPS) is 10.3. The Hall–Kier alpha value is -2.04. The highest BCUT2D eigenvalue weighted by atomic mass is 16.5. The largest absolute Gasteiger partial charge is 0.487 e. The fourth-order valence-electron chi connectivity index (χ4n) is 1.44. The molecule has 0 radical (unpaired) electrons. The van der Waals surface area contributed by atoms with Gasteiger partial charge < -0.3 is 13.9 Å². The highest BCUT2D eigenvalue weighted by molar-refractivity contribution is 5.82. The SMILES string of the molecule is CC(C)=CC(=O)OCc1cc(=O)c(OCCC(C)C)co1. The molecule has 0 spiro atoms. The van der Waals surface area contributed by atoms with Crippen LogP contribution in [-0.2, 0) is 16.1 Å². The molecule has 116 valence electrons. The maximum absolute atomic E-state index is 11.8. The van der Waals surface area contributed by atoms with Crippen molar-refractivity contribution in [3.05, 3.63) is 40.0 Å². The number of rotatable bonds is 7. The molecule has 0 amide bonds. The lowest BCUT2D eigenvalue weighted by Gasteiger charge is -2.07. The standard InChI is InChI=1S/C16H22O5/c1-11(2)5-6-19-15-10-20-13(8-14(15)17)9-21-16(18)7-12(3)4/h7-8,10-11H,5-6,9H2,1-4H3. The van der Waals surface area contributed by atoms with Gasteiger partial charge in [0, 0.05) is 12.1 Å². The summed E-state index contributed by atoms with van der Waals surface area (Å²) in [6.45, 7) is 8.14. The van der Waals surface area contributed by atoms with Crippen LogP contribution in [0.5, 0.6) is 5.75 Å². The zero-order valence-corrected chi connectivity index (χ0v) is 13.0. The fraction of sp³-hybridized carbons (Fsp3) is 0.500. The number of hydrogen-bond acceptors (Lipinski definition) is 5. The number of ether oxygens (including phenoxy) is 2. The molecule has 0 atom stereocenters. The first-order valence-corrected chi connectivity index (χ1v) is 6.94. The van der Waals surface area contributed by atoms with Crippen molar-refractivity contribution < 1.29 is 18.7 Å². The quantitative estimate of drug-likeness (QED) is 0.571. The highest BCUT2D eigenvalue weighted by Gasteiger charge is 2.07. The number of carbonyl (C=O) groups is 1. The van der Waals surface area contributed by atoms with Gasteiger partial charge >= 0.3 is 5.97 Å². The molecule has 0 saturated heterocycles. The first-order chi connectivity index (χ1) is 9.88. The number of esters is 1. The Morgan fingerprint density at radius 1 is 1.38 bits per heavy atom. The zero-order valence-electron chi connectivity index (χ0n) is 13.0. The predicted octanol–water partition coefficient (Wildman–Crippen LogP) is 3.07. The minimum absolute atomic E-state index is 0.0792. The minimum atomic E-state index is -0.463. The lowest BCUT2D eigenvalue weighted by molar-refractivity contribution is -0.139. The monoisotopic (exact) mass is 294 g/mol. The van der Waals surface area contributed by atoms with Gasteiger partial charge in [0.05, 0.1) is 6.61 Å². The van der Waals surface area contributed by atoms with Crippen LogP contribution in [-0.4, -0.2) is 12.6 Å². The van der Waals surface area contributed by atoms with E-state index in [0.29, 0.717) is 12.5 Å². The van der Waals surface area contributed by atoms with E-state index in [0.717, 1.165) is 12.0 Å². The van der Waals surface area contributed by atoms with Crippen LogP contribution < -0.4 is 10.2 Å². The first-order valence-electron chi connectivity index (χ1n) is 6.94.